The maximum atomic E-state index is 12.3. The van der Waals surface area contributed by atoms with Crippen LogP contribution in [-0.4, -0.2) is 63.0 Å². The van der Waals surface area contributed by atoms with E-state index in [1.807, 2.05) is 41.8 Å². The van der Waals surface area contributed by atoms with E-state index in [1.54, 1.807) is 6.20 Å². The number of amides is 2. The number of urea groups is 1. The molecule has 0 spiro atoms. The van der Waals surface area contributed by atoms with Crippen molar-refractivity contribution in [2.24, 2.45) is 0 Å². The normalized spacial score (nSPS) is 17.0. The molecule has 2 amide bonds. The van der Waals surface area contributed by atoms with Crippen LogP contribution in [0.15, 0.2) is 29.0 Å². The average molecular weight is 332 g/mol. The van der Waals surface area contributed by atoms with Gasteiger partial charge in [0.2, 0.25) is 0 Å². The van der Waals surface area contributed by atoms with Crippen molar-refractivity contribution in [2.75, 3.05) is 26.2 Å². The lowest BCUT2D eigenvalue weighted by molar-refractivity contribution is 0.131. The Morgan fingerprint density at radius 1 is 1.38 bits per heavy atom. The van der Waals surface area contributed by atoms with Crippen LogP contribution in [0.3, 0.4) is 0 Å². The predicted molar refractivity (Wildman–Crippen MR) is 88.3 cm³/mol. The summed E-state index contributed by atoms with van der Waals surface area (Å²) in [5.74, 6) is 0.828. The molecule has 1 aliphatic rings. The van der Waals surface area contributed by atoms with Crippen LogP contribution < -0.4 is 5.32 Å². The van der Waals surface area contributed by atoms with Crippen LogP contribution in [0.2, 0.25) is 0 Å². The smallest absolute Gasteiger partial charge is 0.317 e. The van der Waals surface area contributed by atoms with Gasteiger partial charge in [-0.2, -0.15) is 5.10 Å². The Kier molecular flexibility index (Phi) is 5.14. The molecule has 0 unspecified atom stereocenters. The third-order valence-corrected chi connectivity index (χ3v) is 4.11. The zero-order chi connectivity index (χ0) is 16.9. The largest absolute Gasteiger partial charge is 0.361 e. The fourth-order valence-electron chi connectivity index (χ4n) is 2.87. The van der Waals surface area contributed by atoms with E-state index in [9.17, 15) is 4.79 Å². The zero-order valence-electron chi connectivity index (χ0n) is 14.2. The predicted octanol–water partition coefficient (Wildman–Crippen LogP) is 1.10. The summed E-state index contributed by atoms with van der Waals surface area (Å²) in [7, 11) is 0. The zero-order valence-corrected chi connectivity index (χ0v) is 14.2. The van der Waals surface area contributed by atoms with E-state index in [0.717, 1.165) is 44.2 Å². The first kappa shape index (κ1) is 16.5. The molecule has 2 aromatic rings. The SMILES string of the molecule is Cc1cc(CN2CCN(C(=O)N[C@H](C)Cn3cccn3)CC2)no1. The summed E-state index contributed by atoms with van der Waals surface area (Å²) in [5.41, 5.74) is 0.943. The Balaban J connectivity index is 1.41. The molecule has 8 heteroatoms. The number of carbonyl (C=O) groups excluding carboxylic acids is 1. The van der Waals surface area contributed by atoms with Gasteiger partial charge < -0.3 is 14.7 Å². The summed E-state index contributed by atoms with van der Waals surface area (Å²) in [6, 6.07) is 3.86. The molecule has 24 heavy (non-hydrogen) atoms. The minimum absolute atomic E-state index is 0.00779. The molecule has 0 bridgehead atoms. The Morgan fingerprint density at radius 2 is 2.17 bits per heavy atom. The number of nitrogens with one attached hydrogen (secondary N) is 1. The van der Waals surface area contributed by atoms with Crippen LogP contribution in [0.1, 0.15) is 18.4 Å². The third-order valence-electron chi connectivity index (χ3n) is 4.11. The van der Waals surface area contributed by atoms with Gasteiger partial charge in [0.25, 0.3) is 0 Å². The monoisotopic (exact) mass is 332 g/mol. The molecule has 1 saturated heterocycles. The van der Waals surface area contributed by atoms with Crippen LogP contribution >= 0.6 is 0 Å². The quantitative estimate of drug-likeness (QED) is 0.887. The van der Waals surface area contributed by atoms with Gasteiger partial charge in [-0.3, -0.25) is 9.58 Å². The average Bonchev–Trinajstić information content (AvgIpc) is 3.20. The van der Waals surface area contributed by atoms with Crippen molar-refractivity contribution in [3.8, 4) is 0 Å². The van der Waals surface area contributed by atoms with Gasteiger partial charge in [-0.25, -0.2) is 4.79 Å². The highest BCUT2D eigenvalue weighted by Crippen LogP contribution is 2.09. The molecule has 0 radical (unpaired) electrons. The minimum atomic E-state index is -0.00779. The summed E-state index contributed by atoms with van der Waals surface area (Å²) < 4.78 is 6.92. The molecule has 0 saturated carbocycles. The van der Waals surface area contributed by atoms with Crippen LogP contribution in [0, 0.1) is 6.92 Å². The fourth-order valence-corrected chi connectivity index (χ4v) is 2.87. The number of hydrogen-bond acceptors (Lipinski definition) is 5. The highest BCUT2D eigenvalue weighted by atomic mass is 16.5. The second-order valence-corrected chi connectivity index (χ2v) is 6.27. The summed E-state index contributed by atoms with van der Waals surface area (Å²) in [5, 5.41) is 11.2. The molecule has 130 valence electrons. The van der Waals surface area contributed by atoms with E-state index in [2.05, 4.69) is 20.5 Å². The third kappa shape index (κ3) is 4.35. The number of nitrogens with zero attached hydrogens (tertiary/aromatic N) is 5. The topological polar surface area (TPSA) is 79.4 Å². The van der Waals surface area contributed by atoms with Crippen molar-refractivity contribution in [1.29, 1.82) is 0 Å². The summed E-state index contributed by atoms with van der Waals surface area (Å²) in [6.45, 7) is 8.44. The number of aromatic nitrogens is 3. The molecule has 3 rings (SSSR count). The second-order valence-electron chi connectivity index (χ2n) is 6.27. The standard InChI is InChI=1S/C16H24N6O2/c1-13(11-22-5-3-4-17-22)18-16(23)21-8-6-20(7-9-21)12-15-10-14(2)24-19-15/h3-5,10,13H,6-9,11-12H2,1-2H3,(H,18,23)/t13-/m1/s1. The molecular formula is C16H24N6O2. The van der Waals surface area contributed by atoms with Gasteiger partial charge in [0.1, 0.15) is 5.76 Å². The molecule has 1 fully saturated rings. The first-order valence-electron chi connectivity index (χ1n) is 8.27. The molecule has 1 atom stereocenters. The molecule has 1 N–H and O–H groups in total. The van der Waals surface area contributed by atoms with Crippen molar-refractivity contribution in [3.05, 3.63) is 36.0 Å². The van der Waals surface area contributed by atoms with Gasteiger partial charge in [-0.15, -0.1) is 0 Å². The van der Waals surface area contributed by atoms with Crippen molar-refractivity contribution in [3.63, 3.8) is 0 Å². The van der Waals surface area contributed by atoms with Crippen molar-refractivity contribution < 1.29 is 9.32 Å². The molecule has 3 heterocycles. The Labute approximate surface area is 141 Å². The first-order valence-corrected chi connectivity index (χ1v) is 8.27. The van der Waals surface area contributed by atoms with Gasteiger partial charge in [-0.1, -0.05) is 5.16 Å². The van der Waals surface area contributed by atoms with Gasteiger partial charge in [0.15, 0.2) is 0 Å². The second kappa shape index (κ2) is 7.48. The van der Waals surface area contributed by atoms with Gasteiger partial charge >= 0.3 is 6.03 Å². The number of piperazine rings is 1. The Morgan fingerprint density at radius 3 is 2.79 bits per heavy atom. The lowest BCUT2D eigenvalue weighted by atomic mass is 10.3. The van der Waals surface area contributed by atoms with Crippen LogP contribution in [0.4, 0.5) is 4.79 Å². The minimum Gasteiger partial charge on any atom is -0.361 e. The fraction of sp³-hybridized carbons (Fsp3) is 0.562. The first-order chi connectivity index (χ1) is 11.6. The Hall–Kier alpha value is -2.35. The van der Waals surface area contributed by atoms with E-state index in [4.69, 9.17) is 4.52 Å². The number of rotatable bonds is 5. The number of carbonyl (C=O) groups is 1. The summed E-state index contributed by atoms with van der Waals surface area (Å²) >= 11 is 0. The van der Waals surface area contributed by atoms with Crippen molar-refractivity contribution in [1.82, 2.24) is 30.1 Å². The van der Waals surface area contributed by atoms with Gasteiger partial charge in [0, 0.05) is 57.2 Å². The van der Waals surface area contributed by atoms with Crippen molar-refractivity contribution >= 4 is 6.03 Å². The molecule has 0 aromatic carbocycles. The summed E-state index contributed by atoms with van der Waals surface area (Å²) in [4.78, 5) is 16.5. The van der Waals surface area contributed by atoms with Crippen LogP contribution in [0.25, 0.3) is 0 Å². The van der Waals surface area contributed by atoms with E-state index < -0.39 is 0 Å². The highest BCUT2D eigenvalue weighted by Gasteiger charge is 2.22. The van der Waals surface area contributed by atoms with Crippen LogP contribution in [0.5, 0.6) is 0 Å². The lowest BCUT2D eigenvalue weighted by Crippen LogP contribution is -2.53. The number of aryl methyl sites for hydroxylation is 1. The maximum absolute atomic E-state index is 12.3. The molecule has 2 aromatic heterocycles. The van der Waals surface area contributed by atoms with Gasteiger partial charge in [0.05, 0.1) is 12.2 Å². The number of hydrogen-bond donors (Lipinski definition) is 1. The maximum Gasteiger partial charge on any atom is 0.317 e. The highest BCUT2D eigenvalue weighted by molar-refractivity contribution is 5.74. The lowest BCUT2D eigenvalue weighted by Gasteiger charge is -2.34. The van der Waals surface area contributed by atoms with Crippen LogP contribution in [-0.2, 0) is 13.1 Å². The van der Waals surface area contributed by atoms with E-state index in [0.29, 0.717) is 6.54 Å². The van der Waals surface area contributed by atoms with E-state index in [-0.39, 0.29) is 12.1 Å². The van der Waals surface area contributed by atoms with Gasteiger partial charge in [-0.05, 0) is 19.9 Å². The molecule has 1 aliphatic heterocycles. The van der Waals surface area contributed by atoms with E-state index >= 15 is 0 Å². The Bertz CT molecular complexity index is 645. The van der Waals surface area contributed by atoms with E-state index in [1.165, 1.54) is 0 Å². The molecular weight excluding hydrogens is 308 g/mol. The molecule has 0 aliphatic carbocycles. The summed E-state index contributed by atoms with van der Waals surface area (Å²) in [6.07, 6.45) is 3.64. The van der Waals surface area contributed by atoms with Crippen molar-refractivity contribution in [2.45, 2.75) is 33.0 Å². The molecule has 8 nitrogen and oxygen atoms in total.